The van der Waals surface area contributed by atoms with Gasteiger partial charge in [-0.15, -0.1) is 0 Å². The summed E-state index contributed by atoms with van der Waals surface area (Å²) < 4.78 is 18.5. The van der Waals surface area contributed by atoms with E-state index in [1.54, 1.807) is 13.0 Å². The third-order valence-electron chi connectivity index (χ3n) is 2.52. The lowest BCUT2D eigenvalue weighted by atomic mass is 10.1. The zero-order valence-electron chi connectivity index (χ0n) is 9.32. The minimum absolute atomic E-state index is 0.0151. The van der Waals surface area contributed by atoms with Crippen molar-refractivity contribution in [3.63, 3.8) is 0 Å². The van der Waals surface area contributed by atoms with Gasteiger partial charge in [0.15, 0.2) is 0 Å². The van der Waals surface area contributed by atoms with Crippen LogP contribution in [0.4, 0.5) is 4.39 Å². The van der Waals surface area contributed by atoms with Crippen molar-refractivity contribution in [3.05, 3.63) is 35.1 Å². The Hall–Kier alpha value is -2.17. The number of hydrogen-bond donors (Lipinski definition) is 1. The van der Waals surface area contributed by atoms with E-state index in [4.69, 9.17) is 9.84 Å². The van der Waals surface area contributed by atoms with Crippen molar-refractivity contribution in [3.8, 4) is 5.88 Å². The largest absolute Gasteiger partial charge is 0.480 e. The summed E-state index contributed by atoms with van der Waals surface area (Å²) in [6.45, 7) is 1.77. The van der Waals surface area contributed by atoms with Crippen LogP contribution in [0.5, 0.6) is 5.88 Å². The molecule has 0 aliphatic heterocycles. The van der Waals surface area contributed by atoms with Gasteiger partial charge in [-0.25, -0.2) is 14.2 Å². The Balaban J connectivity index is 2.87. The number of fused-ring (bicyclic) bond motifs is 1. The Morgan fingerprint density at radius 2 is 2.18 bits per heavy atom. The minimum atomic E-state index is -1.20. The van der Waals surface area contributed by atoms with E-state index in [0.717, 1.165) is 5.56 Å². The molecule has 17 heavy (non-hydrogen) atoms. The molecule has 1 heterocycles. The number of nitrogens with zero attached hydrogens (tertiary/aromatic N) is 1. The molecule has 0 aliphatic rings. The smallest absolute Gasteiger partial charge is 0.341 e. The number of benzene rings is 1. The molecule has 1 aromatic heterocycles. The van der Waals surface area contributed by atoms with E-state index in [9.17, 15) is 9.18 Å². The Kier molecular flexibility index (Phi) is 2.67. The lowest BCUT2D eigenvalue weighted by molar-refractivity contribution is 0.0692. The molecule has 1 N–H and O–H groups in total. The Morgan fingerprint density at radius 3 is 2.76 bits per heavy atom. The molecule has 0 spiro atoms. The number of aromatic carboxylic acids is 1. The zero-order valence-corrected chi connectivity index (χ0v) is 9.32. The number of carboxylic acids is 1. The van der Waals surface area contributed by atoms with Gasteiger partial charge in [0.05, 0.1) is 12.6 Å². The maximum absolute atomic E-state index is 13.6. The number of ether oxygens (including phenoxy) is 1. The van der Waals surface area contributed by atoms with Gasteiger partial charge < -0.3 is 9.84 Å². The van der Waals surface area contributed by atoms with E-state index < -0.39 is 11.8 Å². The summed E-state index contributed by atoms with van der Waals surface area (Å²) in [6, 6.07) is 4.12. The highest BCUT2D eigenvalue weighted by Crippen LogP contribution is 2.26. The molecule has 0 radical (unpaired) electrons. The van der Waals surface area contributed by atoms with E-state index in [2.05, 4.69) is 4.98 Å². The molecule has 2 aromatic rings. The Bertz CT molecular complexity index is 610. The standard InChI is InChI=1S/C12H10FNO3/c1-6-3-4-9(13)7-5-8(12(15)16)11(17-2)14-10(6)7/h3-5H,1-2H3,(H,15,16). The minimum Gasteiger partial charge on any atom is -0.480 e. The maximum atomic E-state index is 13.6. The summed E-state index contributed by atoms with van der Waals surface area (Å²) in [5.41, 5.74) is 1.02. The Labute approximate surface area is 96.7 Å². The fourth-order valence-electron chi connectivity index (χ4n) is 1.65. The van der Waals surface area contributed by atoms with Gasteiger partial charge in [-0.3, -0.25) is 0 Å². The zero-order chi connectivity index (χ0) is 12.6. The summed E-state index contributed by atoms with van der Waals surface area (Å²) in [5, 5.41) is 9.16. The highest BCUT2D eigenvalue weighted by atomic mass is 19.1. The summed E-state index contributed by atoms with van der Waals surface area (Å²) in [7, 11) is 1.33. The van der Waals surface area contributed by atoms with Crippen molar-refractivity contribution in [1.29, 1.82) is 0 Å². The second-order valence-corrected chi connectivity index (χ2v) is 3.61. The van der Waals surface area contributed by atoms with E-state index in [-0.39, 0.29) is 16.8 Å². The van der Waals surface area contributed by atoms with E-state index in [1.807, 2.05) is 0 Å². The number of aromatic nitrogens is 1. The molecule has 0 saturated heterocycles. The average molecular weight is 235 g/mol. The number of aryl methyl sites for hydroxylation is 1. The second kappa shape index (κ2) is 4.01. The molecule has 1 aromatic carbocycles. The molecule has 0 amide bonds. The van der Waals surface area contributed by atoms with Crippen LogP contribution in [0.15, 0.2) is 18.2 Å². The van der Waals surface area contributed by atoms with Gasteiger partial charge in [0.25, 0.3) is 0 Å². The third-order valence-corrected chi connectivity index (χ3v) is 2.52. The first-order valence-electron chi connectivity index (χ1n) is 4.91. The monoisotopic (exact) mass is 235 g/mol. The molecular formula is C12H10FNO3. The lowest BCUT2D eigenvalue weighted by Gasteiger charge is -2.08. The summed E-state index contributed by atoms with van der Waals surface area (Å²) >= 11 is 0. The number of carboxylic acid groups (broad SMARTS) is 1. The van der Waals surface area contributed by atoms with E-state index in [1.165, 1.54) is 19.2 Å². The number of pyridine rings is 1. The van der Waals surface area contributed by atoms with Crippen LogP contribution in [0.2, 0.25) is 0 Å². The second-order valence-electron chi connectivity index (χ2n) is 3.61. The number of methoxy groups -OCH3 is 1. The highest BCUT2D eigenvalue weighted by Gasteiger charge is 2.16. The van der Waals surface area contributed by atoms with Crippen LogP contribution in [0, 0.1) is 12.7 Å². The van der Waals surface area contributed by atoms with Gasteiger partial charge in [0, 0.05) is 5.39 Å². The molecular weight excluding hydrogens is 225 g/mol. The summed E-state index contributed by atoms with van der Waals surface area (Å²) in [4.78, 5) is 15.0. The van der Waals surface area contributed by atoms with Crippen molar-refractivity contribution < 1.29 is 19.0 Å². The number of carbonyl (C=O) groups is 1. The summed E-state index contributed by atoms with van der Waals surface area (Å²) in [5.74, 6) is -1.71. The van der Waals surface area contributed by atoms with Crippen molar-refractivity contribution in [2.75, 3.05) is 7.11 Å². The first-order valence-corrected chi connectivity index (χ1v) is 4.91. The number of hydrogen-bond acceptors (Lipinski definition) is 3. The quantitative estimate of drug-likeness (QED) is 0.868. The van der Waals surface area contributed by atoms with Gasteiger partial charge in [-0.05, 0) is 24.6 Å². The number of rotatable bonds is 2. The predicted octanol–water partition coefficient (Wildman–Crippen LogP) is 2.39. The van der Waals surface area contributed by atoms with Crippen LogP contribution in [-0.4, -0.2) is 23.2 Å². The van der Waals surface area contributed by atoms with Crippen LogP contribution < -0.4 is 4.74 Å². The molecule has 0 aliphatic carbocycles. The summed E-state index contributed by atoms with van der Waals surface area (Å²) in [6.07, 6.45) is 0. The highest BCUT2D eigenvalue weighted by molar-refractivity contribution is 5.96. The van der Waals surface area contributed by atoms with E-state index >= 15 is 0 Å². The van der Waals surface area contributed by atoms with Gasteiger partial charge in [0.1, 0.15) is 11.4 Å². The van der Waals surface area contributed by atoms with Crippen LogP contribution in [0.3, 0.4) is 0 Å². The molecule has 0 fully saturated rings. The normalized spacial score (nSPS) is 10.5. The van der Waals surface area contributed by atoms with Crippen molar-refractivity contribution in [1.82, 2.24) is 4.98 Å². The molecule has 5 heteroatoms. The predicted molar refractivity (Wildman–Crippen MR) is 59.9 cm³/mol. The SMILES string of the molecule is COc1nc2c(C)ccc(F)c2cc1C(=O)O. The van der Waals surface area contributed by atoms with Crippen molar-refractivity contribution in [2.24, 2.45) is 0 Å². The number of halogens is 1. The third kappa shape index (κ3) is 1.80. The lowest BCUT2D eigenvalue weighted by Crippen LogP contribution is -2.03. The van der Waals surface area contributed by atoms with E-state index in [0.29, 0.717) is 5.52 Å². The molecule has 0 saturated carbocycles. The maximum Gasteiger partial charge on any atom is 0.341 e. The van der Waals surface area contributed by atoms with Gasteiger partial charge >= 0.3 is 5.97 Å². The molecule has 0 atom stereocenters. The molecule has 0 unspecified atom stereocenters. The fourth-order valence-corrected chi connectivity index (χ4v) is 1.65. The van der Waals surface area contributed by atoms with Crippen LogP contribution >= 0.6 is 0 Å². The van der Waals surface area contributed by atoms with Crippen LogP contribution in [-0.2, 0) is 0 Å². The van der Waals surface area contributed by atoms with Gasteiger partial charge in [-0.2, -0.15) is 0 Å². The average Bonchev–Trinajstić information content (AvgIpc) is 2.32. The van der Waals surface area contributed by atoms with Crippen molar-refractivity contribution >= 4 is 16.9 Å². The van der Waals surface area contributed by atoms with Gasteiger partial charge in [-0.1, -0.05) is 6.07 Å². The first-order chi connectivity index (χ1) is 8.04. The van der Waals surface area contributed by atoms with Crippen molar-refractivity contribution in [2.45, 2.75) is 6.92 Å². The Morgan fingerprint density at radius 1 is 1.47 bits per heavy atom. The molecule has 88 valence electrons. The first kappa shape index (κ1) is 11.3. The fraction of sp³-hybridized carbons (Fsp3) is 0.167. The van der Waals surface area contributed by atoms with Crippen LogP contribution in [0.25, 0.3) is 10.9 Å². The molecule has 0 bridgehead atoms. The molecule has 4 nitrogen and oxygen atoms in total. The topological polar surface area (TPSA) is 59.4 Å². The van der Waals surface area contributed by atoms with Crippen LogP contribution in [0.1, 0.15) is 15.9 Å². The van der Waals surface area contributed by atoms with Gasteiger partial charge in [0.2, 0.25) is 5.88 Å². The molecule has 2 rings (SSSR count).